The number of hydrogen-bond donors (Lipinski definition) is 1. The molecule has 1 rings (SSSR count). The Balaban J connectivity index is 3.66. The van der Waals surface area contributed by atoms with Crippen molar-refractivity contribution in [2.75, 3.05) is 6.61 Å². The number of rotatable bonds is 7. The minimum Gasteiger partial charge on any atom is -0.501 e. The van der Waals surface area contributed by atoms with E-state index in [-0.39, 0.29) is 18.9 Å². The zero-order valence-corrected chi connectivity index (χ0v) is 13.9. The minimum atomic E-state index is -5.12. The lowest BCUT2D eigenvalue weighted by atomic mass is 10.0. The van der Waals surface area contributed by atoms with Crippen LogP contribution in [0.2, 0.25) is 0 Å². The Morgan fingerprint density at radius 2 is 2.00 bits per heavy atom. The summed E-state index contributed by atoms with van der Waals surface area (Å²) in [4.78, 5) is 23.4. The van der Waals surface area contributed by atoms with Gasteiger partial charge in [0, 0.05) is 11.8 Å². The van der Waals surface area contributed by atoms with Gasteiger partial charge in [0.1, 0.15) is 11.6 Å². The fourth-order valence-electron chi connectivity index (χ4n) is 2.26. The van der Waals surface area contributed by atoms with Gasteiger partial charge in [-0.25, -0.2) is 9.18 Å². The van der Waals surface area contributed by atoms with Crippen molar-refractivity contribution in [3.63, 3.8) is 0 Å². The Morgan fingerprint density at radius 1 is 1.40 bits per heavy atom. The lowest BCUT2D eigenvalue weighted by molar-refractivity contribution is -0.141. The number of nitrogens with zero attached hydrogens (tertiary/aromatic N) is 1. The molecule has 0 bridgehead atoms. The summed E-state index contributed by atoms with van der Waals surface area (Å²) in [6.07, 6.45) is -2.69. The second kappa shape index (κ2) is 8.17. The second-order valence-corrected chi connectivity index (χ2v) is 5.73. The van der Waals surface area contributed by atoms with Crippen molar-refractivity contribution in [3.05, 3.63) is 39.8 Å². The van der Waals surface area contributed by atoms with E-state index in [2.05, 4.69) is 0 Å². The van der Waals surface area contributed by atoms with E-state index in [1.807, 2.05) is 0 Å². The van der Waals surface area contributed by atoms with Crippen LogP contribution < -0.4 is 5.56 Å². The molecule has 140 valence electrons. The van der Waals surface area contributed by atoms with Crippen LogP contribution in [0, 0.1) is 11.7 Å². The van der Waals surface area contributed by atoms with Gasteiger partial charge in [-0.15, -0.1) is 0 Å². The highest BCUT2D eigenvalue weighted by molar-refractivity contribution is 5.72. The Bertz CT molecular complexity index is 707. The summed E-state index contributed by atoms with van der Waals surface area (Å²) >= 11 is 0. The first-order chi connectivity index (χ1) is 11.5. The van der Waals surface area contributed by atoms with E-state index in [0.717, 1.165) is 12.3 Å². The van der Waals surface area contributed by atoms with Crippen LogP contribution in [0.15, 0.2) is 17.3 Å². The zero-order valence-electron chi connectivity index (χ0n) is 13.9. The lowest BCUT2D eigenvalue weighted by Gasteiger charge is -2.20. The summed E-state index contributed by atoms with van der Waals surface area (Å²) < 4.78 is 58.8. The topological polar surface area (TPSA) is 68.5 Å². The first kappa shape index (κ1) is 20.7. The Labute approximate surface area is 141 Å². The zero-order chi connectivity index (χ0) is 19.4. The van der Waals surface area contributed by atoms with Gasteiger partial charge < -0.3 is 9.84 Å². The standard InChI is InChI=1S/C16H19F4NO4/c1-4-25-6-5-10-8-21(11(15(23)24)7-9(2)3)14(22)13(17)12(10)16(18,19)20/h5-6,8-9,11H,4,7H2,1-3H3,(H,23,24). The SMILES string of the molecule is CCOC=Cc1cn(C(CC(C)C)C(=O)O)c(=O)c(F)c1C(F)(F)F. The van der Waals surface area contributed by atoms with Gasteiger partial charge >= 0.3 is 12.1 Å². The maximum atomic E-state index is 14.2. The summed E-state index contributed by atoms with van der Waals surface area (Å²) in [6.45, 7) is 5.12. The van der Waals surface area contributed by atoms with Crippen LogP contribution >= 0.6 is 0 Å². The molecule has 1 unspecified atom stereocenters. The molecule has 0 aliphatic carbocycles. The van der Waals surface area contributed by atoms with Crippen LogP contribution in [0.1, 0.15) is 44.4 Å². The van der Waals surface area contributed by atoms with Crippen LogP contribution in [0.5, 0.6) is 0 Å². The van der Waals surface area contributed by atoms with Crippen LogP contribution in [0.3, 0.4) is 0 Å². The van der Waals surface area contributed by atoms with Crippen molar-refractivity contribution in [2.24, 2.45) is 5.92 Å². The van der Waals surface area contributed by atoms with Crippen molar-refractivity contribution < 1.29 is 32.2 Å². The summed E-state index contributed by atoms with van der Waals surface area (Å²) in [5, 5.41) is 9.28. The number of halogens is 4. The van der Waals surface area contributed by atoms with Gasteiger partial charge in [0.15, 0.2) is 0 Å². The van der Waals surface area contributed by atoms with E-state index in [9.17, 15) is 32.3 Å². The maximum Gasteiger partial charge on any atom is 0.420 e. The van der Waals surface area contributed by atoms with E-state index in [4.69, 9.17) is 4.74 Å². The second-order valence-electron chi connectivity index (χ2n) is 5.73. The molecule has 0 aliphatic rings. The first-order valence-electron chi connectivity index (χ1n) is 7.53. The third-order valence-corrected chi connectivity index (χ3v) is 3.32. The van der Waals surface area contributed by atoms with E-state index in [1.54, 1.807) is 20.8 Å². The molecule has 1 aromatic rings. The van der Waals surface area contributed by atoms with E-state index in [1.165, 1.54) is 0 Å². The van der Waals surface area contributed by atoms with Gasteiger partial charge in [0.2, 0.25) is 5.82 Å². The number of hydrogen-bond acceptors (Lipinski definition) is 3. The summed E-state index contributed by atoms with van der Waals surface area (Å²) in [7, 11) is 0. The largest absolute Gasteiger partial charge is 0.501 e. The van der Waals surface area contributed by atoms with E-state index >= 15 is 0 Å². The van der Waals surface area contributed by atoms with Crippen LogP contribution in [-0.4, -0.2) is 22.2 Å². The van der Waals surface area contributed by atoms with Gasteiger partial charge in [0.25, 0.3) is 5.56 Å². The molecular weight excluding hydrogens is 346 g/mol. The molecule has 25 heavy (non-hydrogen) atoms. The van der Waals surface area contributed by atoms with Gasteiger partial charge in [-0.1, -0.05) is 13.8 Å². The normalized spacial score (nSPS) is 13.4. The smallest absolute Gasteiger partial charge is 0.420 e. The Hall–Kier alpha value is -2.32. The molecule has 0 saturated carbocycles. The highest BCUT2D eigenvalue weighted by Crippen LogP contribution is 2.34. The average molecular weight is 365 g/mol. The van der Waals surface area contributed by atoms with Gasteiger partial charge in [-0.2, -0.15) is 13.2 Å². The fraction of sp³-hybridized carbons (Fsp3) is 0.500. The Kier molecular flexibility index (Phi) is 6.78. The molecule has 0 fully saturated rings. The molecule has 1 heterocycles. The number of aliphatic carboxylic acids is 1. The molecule has 1 aromatic heterocycles. The van der Waals surface area contributed by atoms with Gasteiger partial charge in [-0.3, -0.25) is 9.36 Å². The summed E-state index contributed by atoms with van der Waals surface area (Å²) in [5.74, 6) is -3.66. The molecule has 0 spiro atoms. The van der Waals surface area contributed by atoms with Crippen LogP contribution in [-0.2, 0) is 15.7 Å². The molecule has 0 aliphatic heterocycles. The molecule has 0 saturated heterocycles. The predicted octanol–water partition coefficient (Wildman–Crippen LogP) is 3.69. The monoisotopic (exact) mass is 365 g/mol. The predicted molar refractivity (Wildman–Crippen MR) is 82.4 cm³/mol. The van der Waals surface area contributed by atoms with Crippen molar-refractivity contribution in [2.45, 2.75) is 39.4 Å². The number of aromatic nitrogens is 1. The van der Waals surface area contributed by atoms with Crippen LogP contribution in [0.4, 0.5) is 17.6 Å². The van der Waals surface area contributed by atoms with Gasteiger partial charge in [-0.05, 0) is 25.3 Å². The quantitative estimate of drug-likeness (QED) is 0.591. The Morgan fingerprint density at radius 3 is 2.44 bits per heavy atom. The minimum absolute atomic E-state index is 0.0470. The highest BCUT2D eigenvalue weighted by Gasteiger charge is 2.39. The third-order valence-electron chi connectivity index (χ3n) is 3.32. The maximum absolute atomic E-state index is 14.2. The van der Waals surface area contributed by atoms with Crippen molar-refractivity contribution >= 4 is 12.0 Å². The van der Waals surface area contributed by atoms with Crippen molar-refractivity contribution in [1.29, 1.82) is 0 Å². The molecule has 9 heteroatoms. The molecular formula is C16H19F4NO4. The lowest BCUT2D eigenvalue weighted by Crippen LogP contribution is -2.34. The van der Waals surface area contributed by atoms with Crippen LogP contribution in [0.25, 0.3) is 6.08 Å². The highest BCUT2D eigenvalue weighted by atomic mass is 19.4. The van der Waals surface area contributed by atoms with Crippen molar-refractivity contribution in [1.82, 2.24) is 4.57 Å². The van der Waals surface area contributed by atoms with Gasteiger partial charge in [0.05, 0.1) is 12.9 Å². The molecule has 0 amide bonds. The molecule has 1 N–H and O–H groups in total. The number of pyridine rings is 1. The first-order valence-corrected chi connectivity index (χ1v) is 7.53. The van der Waals surface area contributed by atoms with E-state index < -0.39 is 40.7 Å². The molecule has 5 nitrogen and oxygen atoms in total. The summed E-state index contributed by atoms with van der Waals surface area (Å²) in [6, 6.07) is -1.48. The molecule has 0 radical (unpaired) electrons. The molecule has 1 atom stereocenters. The molecule has 0 aromatic carbocycles. The number of alkyl halides is 3. The third kappa shape index (κ3) is 5.07. The van der Waals surface area contributed by atoms with E-state index in [0.29, 0.717) is 10.8 Å². The fourth-order valence-corrected chi connectivity index (χ4v) is 2.26. The number of carboxylic acids is 1. The average Bonchev–Trinajstić information content (AvgIpc) is 2.47. The van der Waals surface area contributed by atoms with Crippen molar-refractivity contribution in [3.8, 4) is 0 Å². The summed E-state index contributed by atoms with van der Waals surface area (Å²) in [5.41, 5.74) is -4.07. The number of carbonyl (C=O) groups is 1. The number of ether oxygens (including phenoxy) is 1. The number of carboxylic acid groups (broad SMARTS) is 1.